The normalized spacial score (nSPS) is 10.0. The Labute approximate surface area is 156 Å². The summed E-state index contributed by atoms with van der Waals surface area (Å²) in [6, 6.07) is 6.23. The molecule has 0 bridgehead atoms. The van der Waals surface area contributed by atoms with E-state index in [1.807, 2.05) is 0 Å². The SMILES string of the molecule is CC(C)OC(=O)c1ccc(C(=O)OC(C)C)cc1.[Ba+2].[H-].[H-]. The maximum Gasteiger partial charge on any atom is 2.00 e. The number of rotatable bonds is 4. The zero-order valence-electron chi connectivity index (χ0n) is 13.8. The molecule has 0 saturated carbocycles. The first kappa shape index (κ1) is 18.7. The van der Waals surface area contributed by atoms with Gasteiger partial charge in [0.2, 0.25) is 0 Å². The molecule has 0 saturated heterocycles. The molecule has 0 N–H and O–H groups in total. The fourth-order valence-corrected chi connectivity index (χ4v) is 1.31. The summed E-state index contributed by atoms with van der Waals surface area (Å²) in [5, 5.41) is 0. The largest absolute Gasteiger partial charge is 2.00 e. The van der Waals surface area contributed by atoms with Crippen LogP contribution in [0, 0.1) is 0 Å². The van der Waals surface area contributed by atoms with Crippen LogP contribution >= 0.6 is 0 Å². The maximum absolute atomic E-state index is 11.6. The van der Waals surface area contributed by atoms with Crippen LogP contribution in [0.4, 0.5) is 0 Å². The Balaban J connectivity index is -0.00000108. The van der Waals surface area contributed by atoms with Crippen LogP contribution in [0.2, 0.25) is 0 Å². The molecule has 5 heteroatoms. The van der Waals surface area contributed by atoms with E-state index in [9.17, 15) is 9.59 Å². The predicted octanol–water partition coefficient (Wildman–Crippen LogP) is 2.66. The van der Waals surface area contributed by atoms with Crippen LogP contribution in [0.5, 0.6) is 0 Å². The summed E-state index contributed by atoms with van der Waals surface area (Å²) in [6.07, 6.45) is -0.328. The molecule has 0 amide bonds. The van der Waals surface area contributed by atoms with E-state index in [1.54, 1.807) is 52.0 Å². The third kappa shape index (κ3) is 6.63. The van der Waals surface area contributed by atoms with Crippen molar-refractivity contribution in [1.29, 1.82) is 0 Å². The molecule has 0 unspecified atom stereocenters. The van der Waals surface area contributed by atoms with Crippen molar-refractivity contribution in [2.45, 2.75) is 39.9 Å². The Hall–Kier alpha value is -0.269. The maximum atomic E-state index is 11.6. The van der Waals surface area contributed by atoms with Crippen LogP contribution < -0.4 is 0 Å². The van der Waals surface area contributed by atoms with Gasteiger partial charge in [-0.15, -0.1) is 0 Å². The van der Waals surface area contributed by atoms with Crippen molar-refractivity contribution in [2.24, 2.45) is 0 Å². The van der Waals surface area contributed by atoms with Crippen LogP contribution in [-0.4, -0.2) is 73.0 Å². The molecule has 0 radical (unpaired) electrons. The first-order valence-corrected chi connectivity index (χ1v) is 5.92. The molecule has 0 spiro atoms. The number of carbonyl (C=O) groups is 2. The van der Waals surface area contributed by atoms with E-state index in [0.29, 0.717) is 11.1 Å². The van der Waals surface area contributed by atoms with E-state index in [4.69, 9.17) is 9.47 Å². The predicted molar refractivity (Wildman–Crippen MR) is 75.5 cm³/mol. The Morgan fingerprint density at radius 2 is 1.11 bits per heavy atom. The van der Waals surface area contributed by atoms with Gasteiger partial charge < -0.3 is 12.3 Å². The first-order valence-electron chi connectivity index (χ1n) is 5.92. The van der Waals surface area contributed by atoms with E-state index >= 15 is 0 Å². The molecule has 4 nitrogen and oxygen atoms in total. The summed E-state index contributed by atoms with van der Waals surface area (Å²) in [6.45, 7) is 7.14. The summed E-state index contributed by atoms with van der Waals surface area (Å²) in [5.74, 6) is -0.789. The molecule has 0 atom stereocenters. The molecule has 102 valence electrons. The Morgan fingerprint density at radius 1 is 0.842 bits per heavy atom. The van der Waals surface area contributed by atoms with E-state index in [1.165, 1.54) is 0 Å². The van der Waals surface area contributed by atoms with Gasteiger partial charge in [-0.3, -0.25) is 0 Å². The van der Waals surface area contributed by atoms with E-state index in [0.717, 1.165) is 0 Å². The van der Waals surface area contributed by atoms with Crippen molar-refractivity contribution >= 4 is 60.8 Å². The molecule has 1 rings (SSSR count). The molecule has 0 heterocycles. The van der Waals surface area contributed by atoms with Gasteiger partial charge in [0.15, 0.2) is 0 Å². The molecular formula is C14H20BaO4. The van der Waals surface area contributed by atoms with Gasteiger partial charge in [-0.1, -0.05) is 0 Å². The second-order valence-corrected chi connectivity index (χ2v) is 4.49. The van der Waals surface area contributed by atoms with Crippen molar-refractivity contribution in [1.82, 2.24) is 0 Å². The van der Waals surface area contributed by atoms with Gasteiger partial charge >= 0.3 is 60.8 Å². The van der Waals surface area contributed by atoms with Crippen molar-refractivity contribution in [3.05, 3.63) is 35.4 Å². The summed E-state index contributed by atoms with van der Waals surface area (Å²) < 4.78 is 10.1. The monoisotopic (exact) mass is 390 g/mol. The second kappa shape index (κ2) is 8.81. The number of benzene rings is 1. The third-order valence-electron chi connectivity index (χ3n) is 2.04. The molecule has 0 aliphatic rings. The van der Waals surface area contributed by atoms with Gasteiger partial charge in [-0.25, -0.2) is 9.59 Å². The molecule has 0 aromatic heterocycles. The average Bonchev–Trinajstić information content (AvgIpc) is 2.27. The first-order chi connectivity index (χ1) is 8.40. The van der Waals surface area contributed by atoms with Crippen molar-refractivity contribution in [3.63, 3.8) is 0 Å². The minimum atomic E-state index is -0.395. The quantitative estimate of drug-likeness (QED) is 0.587. The molecule has 0 fully saturated rings. The minimum absolute atomic E-state index is 0. The fourth-order valence-electron chi connectivity index (χ4n) is 1.31. The molecule has 0 aliphatic heterocycles. The van der Waals surface area contributed by atoms with Crippen LogP contribution in [0.15, 0.2) is 24.3 Å². The summed E-state index contributed by atoms with van der Waals surface area (Å²) in [5.41, 5.74) is 0.842. The smallest absolute Gasteiger partial charge is 1.00 e. The topological polar surface area (TPSA) is 52.6 Å². The second-order valence-electron chi connectivity index (χ2n) is 4.49. The Kier molecular flexibility index (Phi) is 8.69. The fraction of sp³-hybridized carbons (Fsp3) is 0.429. The van der Waals surface area contributed by atoms with Gasteiger partial charge in [0.05, 0.1) is 23.3 Å². The van der Waals surface area contributed by atoms with Gasteiger partial charge in [0.1, 0.15) is 0 Å². The third-order valence-corrected chi connectivity index (χ3v) is 2.04. The Morgan fingerprint density at radius 3 is 1.32 bits per heavy atom. The zero-order chi connectivity index (χ0) is 13.7. The van der Waals surface area contributed by atoms with Gasteiger partial charge in [-0.05, 0) is 52.0 Å². The van der Waals surface area contributed by atoms with E-state index in [2.05, 4.69) is 0 Å². The van der Waals surface area contributed by atoms with Crippen LogP contribution in [0.1, 0.15) is 51.3 Å². The molecule has 1 aromatic carbocycles. The number of carbonyl (C=O) groups excluding carboxylic acids is 2. The molecular weight excluding hydrogens is 369 g/mol. The number of hydrogen-bond acceptors (Lipinski definition) is 4. The van der Waals surface area contributed by atoms with Gasteiger partial charge in [0, 0.05) is 0 Å². The van der Waals surface area contributed by atoms with Crippen LogP contribution in [0.3, 0.4) is 0 Å². The minimum Gasteiger partial charge on any atom is -1.00 e. The molecule has 19 heavy (non-hydrogen) atoms. The van der Waals surface area contributed by atoms with Crippen molar-refractivity contribution in [2.75, 3.05) is 0 Å². The summed E-state index contributed by atoms with van der Waals surface area (Å²) >= 11 is 0. The zero-order valence-corrected chi connectivity index (χ0v) is 16.2. The van der Waals surface area contributed by atoms with Crippen LogP contribution in [0.25, 0.3) is 0 Å². The van der Waals surface area contributed by atoms with E-state index in [-0.39, 0.29) is 63.9 Å². The summed E-state index contributed by atoms with van der Waals surface area (Å²) in [7, 11) is 0. The Bertz CT molecular complexity index is 392. The van der Waals surface area contributed by atoms with Crippen LogP contribution in [-0.2, 0) is 9.47 Å². The number of ether oxygens (including phenoxy) is 2. The van der Waals surface area contributed by atoms with Crippen molar-refractivity contribution < 1.29 is 21.9 Å². The summed E-state index contributed by atoms with van der Waals surface area (Å²) in [4.78, 5) is 23.2. The van der Waals surface area contributed by atoms with Gasteiger partial charge in [-0.2, -0.15) is 0 Å². The average molecular weight is 390 g/mol. The number of hydrogen-bond donors (Lipinski definition) is 0. The van der Waals surface area contributed by atoms with Gasteiger partial charge in [0.25, 0.3) is 0 Å². The molecule has 1 aromatic rings. The van der Waals surface area contributed by atoms with E-state index < -0.39 is 11.9 Å². The standard InChI is InChI=1S/C14H18O4.Ba.2H/c1-9(2)17-13(15)11-5-7-12(8-6-11)14(16)18-10(3)4;;;/h5-10H,1-4H3;;;/q;+2;2*-1. The number of esters is 2. The molecule has 0 aliphatic carbocycles. The van der Waals surface area contributed by atoms with Crippen molar-refractivity contribution in [3.8, 4) is 0 Å².